The van der Waals surface area contributed by atoms with Gasteiger partial charge in [0.25, 0.3) is 5.56 Å². The van der Waals surface area contributed by atoms with E-state index in [4.69, 9.17) is 14.2 Å². The van der Waals surface area contributed by atoms with E-state index in [0.717, 1.165) is 22.4 Å². The molecule has 0 atom stereocenters. The molecule has 0 saturated heterocycles. The third kappa shape index (κ3) is 2.46. The van der Waals surface area contributed by atoms with Gasteiger partial charge in [-0.05, 0) is 37.6 Å². The molecule has 1 N–H and O–H groups in total. The van der Waals surface area contributed by atoms with Crippen molar-refractivity contribution in [2.24, 2.45) is 0 Å². The summed E-state index contributed by atoms with van der Waals surface area (Å²) in [4.78, 5) is 14.6. The van der Waals surface area contributed by atoms with Crippen LogP contribution in [0.2, 0.25) is 0 Å². The summed E-state index contributed by atoms with van der Waals surface area (Å²) in [6.45, 7) is 5.27. The van der Waals surface area contributed by atoms with Gasteiger partial charge in [0, 0.05) is 11.1 Å². The minimum absolute atomic E-state index is 0.273. The van der Waals surface area contributed by atoms with Crippen LogP contribution in [0.4, 0.5) is 0 Å². The minimum atomic E-state index is -0.273. The SMILES string of the molecule is CCOc1ccc2c(c1)COc1[nH]c(=O)c(OCC)cc1-2. The summed E-state index contributed by atoms with van der Waals surface area (Å²) in [6, 6.07) is 7.60. The van der Waals surface area contributed by atoms with E-state index >= 15 is 0 Å². The number of ether oxygens (including phenoxy) is 3. The highest BCUT2D eigenvalue weighted by Gasteiger charge is 2.20. The zero-order valence-electron chi connectivity index (χ0n) is 12.1. The number of hydrogen-bond acceptors (Lipinski definition) is 4. The van der Waals surface area contributed by atoms with E-state index in [0.29, 0.717) is 31.5 Å². The van der Waals surface area contributed by atoms with E-state index in [2.05, 4.69) is 4.98 Å². The molecule has 2 aromatic rings. The second-order valence-electron chi connectivity index (χ2n) is 4.68. The first-order valence-corrected chi connectivity index (χ1v) is 7.02. The summed E-state index contributed by atoms with van der Waals surface area (Å²) in [5, 5.41) is 0. The van der Waals surface area contributed by atoms with Crippen LogP contribution in [0, 0.1) is 0 Å². The van der Waals surface area contributed by atoms with Gasteiger partial charge in [0.05, 0.1) is 13.2 Å². The Labute approximate surface area is 122 Å². The van der Waals surface area contributed by atoms with Gasteiger partial charge >= 0.3 is 0 Å². The number of H-pyrrole nitrogens is 1. The Balaban J connectivity index is 2.08. The lowest BCUT2D eigenvalue weighted by Gasteiger charge is -2.21. The Hall–Kier alpha value is -2.43. The fourth-order valence-electron chi connectivity index (χ4n) is 2.43. The lowest BCUT2D eigenvalue weighted by atomic mass is 9.98. The first-order valence-electron chi connectivity index (χ1n) is 7.02. The minimum Gasteiger partial charge on any atom is -0.494 e. The standard InChI is InChI=1S/C16H17NO4/c1-3-19-11-5-6-12-10(7-11)9-21-16-13(12)8-14(20-4-2)15(18)17-16/h5-8H,3-4,9H2,1-2H3,(H,17,18). The van der Waals surface area contributed by atoms with Gasteiger partial charge in [-0.3, -0.25) is 9.78 Å². The molecule has 3 rings (SSSR count). The molecular weight excluding hydrogens is 270 g/mol. The van der Waals surface area contributed by atoms with Crippen molar-refractivity contribution in [2.45, 2.75) is 20.5 Å². The quantitative estimate of drug-likeness (QED) is 0.939. The van der Waals surface area contributed by atoms with Crippen molar-refractivity contribution in [3.05, 3.63) is 40.2 Å². The van der Waals surface area contributed by atoms with Crippen LogP contribution in [0.25, 0.3) is 11.1 Å². The van der Waals surface area contributed by atoms with Crippen molar-refractivity contribution in [3.8, 4) is 28.5 Å². The fourth-order valence-corrected chi connectivity index (χ4v) is 2.43. The van der Waals surface area contributed by atoms with E-state index in [1.54, 1.807) is 6.07 Å². The lowest BCUT2D eigenvalue weighted by molar-refractivity contribution is 0.283. The van der Waals surface area contributed by atoms with Crippen LogP contribution in [0.1, 0.15) is 19.4 Å². The number of fused-ring (bicyclic) bond motifs is 3. The Morgan fingerprint density at radius 2 is 1.95 bits per heavy atom. The third-order valence-corrected chi connectivity index (χ3v) is 3.32. The zero-order chi connectivity index (χ0) is 14.8. The molecule has 0 spiro atoms. The molecule has 5 nitrogen and oxygen atoms in total. The number of pyridine rings is 1. The van der Waals surface area contributed by atoms with Crippen molar-refractivity contribution >= 4 is 0 Å². The van der Waals surface area contributed by atoms with Crippen LogP contribution >= 0.6 is 0 Å². The molecule has 5 heteroatoms. The Morgan fingerprint density at radius 1 is 1.14 bits per heavy atom. The molecule has 0 fully saturated rings. The second-order valence-corrected chi connectivity index (χ2v) is 4.68. The molecule has 1 aliphatic rings. The van der Waals surface area contributed by atoms with Crippen LogP contribution in [0.5, 0.6) is 17.4 Å². The average molecular weight is 287 g/mol. The molecule has 0 bridgehead atoms. The number of aromatic nitrogens is 1. The average Bonchev–Trinajstić information content (AvgIpc) is 2.48. The highest BCUT2D eigenvalue weighted by Crippen LogP contribution is 2.38. The number of hydrogen-bond donors (Lipinski definition) is 1. The summed E-state index contributed by atoms with van der Waals surface area (Å²) in [5.41, 5.74) is 2.62. The van der Waals surface area contributed by atoms with Gasteiger partial charge in [-0.2, -0.15) is 0 Å². The molecule has 0 saturated carbocycles. The first kappa shape index (κ1) is 13.5. The van der Waals surface area contributed by atoms with Crippen LogP contribution < -0.4 is 19.8 Å². The van der Waals surface area contributed by atoms with E-state index < -0.39 is 0 Å². The van der Waals surface area contributed by atoms with E-state index in [9.17, 15) is 4.79 Å². The Morgan fingerprint density at radius 3 is 2.71 bits per heavy atom. The summed E-state index contributed by atoms with van der Waals surface area (Å²) >= 11 is 0. The molecule has 1 aromatic heterocycles. The highest BCUT2D eigenvalue weighted by molar-refractivity contribution is 5.75. The van der Waals surface area contributed by atoms with Gasteiger partial charge in [0.1, 0.15) is 12.4 Å². The van der Waals surface area contributed by atoms with Gasteiger partial charge in [-0.1, -0.05) is 6.07 Å². The topological polar surface area (TPSA) is 60.5 Å². The van der Waals surface area contributed by atoms with Crippen LogP contribution in [0.3, 0.4) is 0 Å². The monoisotopic (exact) mass is 287 g/mol. The molecule has 0 amide bonds. The molecule has 110 valence electrons. The van der Waals surface area contributed by atoms with Crippen molar-refractivity contribution in [1.82, 2.24) is 4.98 Å². The number of rotatable bonds is 4. The lowest BCUT2D eigenvalue weighted by Crippen LogP contribution is -2.16. The summed E-state index contributed by atoms with van der Waals surface area (Å²) in [7, 11) is 0. The number of aromatic amines is 1. The summed E-state index contributed by atoms with van der Waals surface area (Å²) in [5.74, 6) is 1.61. The molecule has 1 aliphatic heterocycles. The molecular formula is C16H17NO4. The van der Waals surface area contributed by atoms with Gasteiger partial charge in [-0.25, -0.2) is 0 Å². The third-order valence-electron chi connectivity index (χ3n) is 3.32. The molecule has 0 unspecified atom stereocenters. The second kappa shape index (κ2) is 5.52. The molecule has 0 radical (unpaired) electrons. The van der Waals surface area contributed by atoms with E-state index in [1.807, 2.05) is 32.0 Å². The maximum absolute atomic E-state index is 11.9. The van der Waals surface area contributed by atoms with Gasteiger partial charge in [0.15, 0.2) is 5.75 Å². The smallest absolute Gasteiger partial charge is 0.293 e. The van der Waals surface area contributed by atoms with Crippen LogP contribution in [-0.2, 0) is 6.61 Å². The van der Waals surface area contributed by atoms with Crippen molar-refractivity contribution in [1.29, 1.82) is 0 Å². The van der Waals surface area contributed by atoms with Crippen molar-refractivity contribution in [3.63, 3.8) is 0 Å². The van der Waals surface area contributed by atoms with Crippen molar-refractivity contribution < 1.29 is 14.2 Å². The molecule has 21 heavy (non-hydrogen) atoms. The van der Waals surface area contributed by atoms with E-state index in [-0.39, 0.29) is 5.56 Å². The molecule has 1 aromatic carbocycles. The number of benzene rings is 1. The van der Waals surface area contributed by atoms with E-state index in [1.165, 1.54) is 0 Å². The fraction of sp³-hybridized carbons (Fsp3) is 0.312. The van der Waals surface area contributed by atoms with Crippen LogP contribution in [-0.4, -0.2) is 18.2 Å². The number of nitrogens with one attached hydrogen (secondary N) is 1. The predicted molar refractivity (Wildman–Crippen MR) is 79.2 cm³/mol. The summed E-state index contributed by atoms with van der Waals surface area (Å²) in [6.07, 6.45) is 0. The largest absolute Gasteiger partial charge is 0.494 e. The maximum atomic E-state index is 11.9. The molecule has 0 aliphatic carbocycles. The molecule has 2 heterocycles. The Bertz CT molecular complexity index is 721. The van der Waals surface area contributed by atoms with Gasteiger partial charge in [-0.15, -0.1) is 0 Å². The Kier molecular flexibility index (Phi) is 3.56. The summed E-state index contributed by atoms with van der Waals surface area (Å²) < 4.78 is 16.5. The maximum Gasteiger partial charge on any atom is 0.293 e. The normalized spacial score (nSPS) is 12.1. The van der Waals surface area contributed by atoms with Crippen LogP contribution in [0.15, 0.2) is 29.1 Å². The predicted octanol–water partition coefficient (Wildman–Crippen LogP) is 2.73. The van der Waals surface area contributed by atoms with Gasteiger partial charge < -0.3 is 14.2 Å². The van der Waals surface area contributed by atoms with Crippen molar-refractivity contribution in [2.75, 3.05) is 13.2 Å². The zero-order valence-corrected chi connectivity index (χ0v) is 12.1. The highest BCUT2D eigenvalue weighted by atomic mass is 16.5. The first-order chi connectivity index (χ1) is 10.2. The van der Waals surface area contributed by atoms with Gasteiger partial charge in [0.2, 0.25) is 5.88 Å².